The van der Waals surface area contributed by atoms with Crippen LogP contribution in [-0.4, -0.2) is 22.5 Å². The Morgan fingerprint density at radius 2 is 2.05 bits per heavy atom. The monoisotopic (exact) mass is 306 g/mol. The van der Waals surface area contributed by atoms with Crippen molar-refractivity contribution in [3.8, 4) is 5.75 Å². The number of para-hydroxylation sites is 1. The minimum atomic E-state index is 0.552. The third-order valence-corrected chi connectivity index (χ3v) is 4.83. The van der Waals surface area contributed by atoms with Gasteiger partial charge in [-0.2, -0.15) is 0 Å². The number of aromatic nitrogens is 2. The Balaban J connectivity index is 2.08. The van der Waals surface area contributed by atoms with E-state index in [0.717, 1.165) is 29.4 Å². The van der Waals surface area contributed by atoms with Crippen molar-refractivity contribution in [3.05, 3.63) is 24.0 Å². The number of alkyl halides is 1. The van der Waals surface area contributed by atoms with Crippen molar-refractivity contribution in [1.29, 1.82) is 0 Å². The molecule has 3 nitrogen and oxygen atoms in total. The lowest BCUT2D eigenvalue weighted by molar-refractivity contribution is 0.290. The minimum absolute atomic E-state index is 0.552. The number of ether oxygens (including phenoxy) is 1. The average molecular weight is 307 g/mol. The fourth-order valence-electron chi connectivity index (χ4n) is 3.47. The summed E-state index contributed by atoms with van der Waals surface area (Å²) in [5, 5.41) is 0. The molecule has 0 spiro atoms. The maximum absolute atomic E-state index is 5.99. The van der Waals surface area contributed by atoms with Crippen LogP contribution < -0.4 is 4.74 Å². The molecule has 114 valence electrons. The zero-order valence-electron chi connectivity index (χ0n) is 12.8. The Hall–Kier alpha value is -1.22. The molecule has 0 aliphatic heterocycles. The highest BCUT2D eigenvalue weighted by molar-refractivity contribution is 6.17. The summed E-state index contributed by atoms with van der Waals surface area (Å²) in [5.41, 5.74) is 2.16. The number of aryl methyl sites for hydroxylation is 1. The lowest BCUT2D eigenvalue weighted by Gasteiger charge is -2.29. The highest BCUT2D eigenvalue weighted by Gasteiger charge is 2.24. The van der Waals surface area contributed by atoms with Crippen molar-refractivity contribution in [1.82, 2.24) is 9.55 Å². The number of methoxy groups -OCH3 is 1. The van der Waals surface area contributed by atoms with Crippen LogP contribution in [0.2, 0.25) is 0 Å². The maximum atomic E-state index is 5.99. The number of benzene rings is 1. The number of hydrogen-bond acceptors (Lipinski definition) is 2. The molecule has 1 fully saturated rings. The molecular formula is C17H23ClN2O. The quantitative estimate of drug-likeness (QED) is 0.773. The van der Waals surface area contributed by atoms with E-state index in [1.807, 2.05) is 6.07 Å². The van der Waals surface area contributed by atoms with Gasteiger partial charge in [0.15, 0.2) is 0 Å². The van der Waals surface area contributed by atoms with E-state index in [-0.39, 0.29) is 0 Å². The van der Waals surface area contributed by atoms with Crippen LogP contribution in [0.1, 0.15) is 44.5 Å². The Morgan fingerprint density at radius 1 is 1.29 bits per heavy atom. The second kappa shape index (κ2) is 6.27. The van der Waals surface area contributed by atoms with Crippen molar-refractivity contribution in [3.63, 3.8) is 0 Å². The molecule has 1 heterocycles. The van der Waals surface area contributed by atoms with Gasteiger partial charge in [0.25, 0.3) is 0 Å². The molecule has 0 bridgehead atoms. The second-order valence-electron chi connectivity index (χ2n) is 6.08. The molecule has 2 aromatic rings. The average Bonchev–Trinajstić information content (AvgIpc) is 2.86. The summed E-state index contributed by atoms with van der Waals surface area (Å²) >= 11 is 5.99. The van der Waals surface area contributed by atoms with Gasteiger partial charge >= 0.3 is 0 Å². The van der Waals surface area contributed by atoms with Crippen LogP contribution in [0.5, 0.6) is 5.75 Å². The SMILES string of the molecule is COc1cccc2c1nc(CCCl)n2C1CCC(C)CC1. The molecule has 1 aliphatic carbocycles. The summed E-state index contributed by atoms with van der Waals surface area (Å²) in [6.45, 7) is 2.35. The van der Waals surface area contributed by atoms with E-state index in [1.165, 1.54) is 31.2 Å². The summed E-state index contributed by atoms with van der Waals surface area (Å²) in [4.78, 5) is 4.82. The van der Waals surface area contributed by atoms with Crippen LogP contribution in [0.25, 0.3) is 11.0 Å². The van der Waals surface area contributed by atoms with Crippen LogP contribution in [0.3, 0.4) is 0 Å². The predicted octanol–water partition coefficient (Wildman–Crippen LogP) is 4.58. The third kappa shape index (κ3) is 2.76. The molecule has 0 radical (unpaired) electrons. The van der Waals surface area contributed by atoms with Crippen LogP contribution in [0.15, 0.2) is 18.2 Å². The van der Waals surface area contributed by atoms with Crippen LogP contribution in [0, 0.1) is 5.92 Å². The Bertz CT molecular complexity index is 615. The first-order valence-electron chi connectivity index (χ1n) is 7.84. The van der Waals surface area contributed by atoms with E-state index in [2.05, 4.69) is 23.6 Å². The van der Waals surface area contributed by atoms with E-state index in [0.29, 0.717) is 11.9 Å². The number of fused-ring (bicyclic) bond motifs is 1. The summed E-state index contributed by atoms with van der Waals surface area (Å²) in [7, 11) is 1.71. The zero-order chi connectivity index (χ0) is 14.8. The van der Waals surface area contributed by atoms with Gasteiger partial charge in [-0.15, -0.1) is 11.6 Å². The minimum Gasteiger partial charge on any atom is -0.494 e. The third-order valence-electron chi connectivity index (χ3n) is 4.64. The molecule has 0 saturated heterocycles. The first kappa shape index (κ1) is 14.7. The molecular weight excluding hydrogens is 284 g/mol. The fourth-order valence-corrected chi connectivity index (χ4v) is 3.64. The molecule has 21 heavy (non-hydrogen) atoms. The van der Waals surface area contributed by atoms with Gasteiger partial charge in [-0.1, -0.05) is 13.0 Å². The first-order valence-corrected chi connectivity index (χ1v) is 8.37. The normalized spacial score (nSPS) is 22.6. The van der Waals surface area contributed by atoms with E-state index in [1.54, 1.807) is 7.11 Å². The summed E-state index contributed by atoms with van der Waals surface area (Å²) in [6, 6.07) is 6.74. The largest absolute Gasteiger partial charge is 0.494 e. The maximum Gasteiger partial charge on any atom is 0.146 e. The number of nitrogens with zero attached hydrogens (tertiary/aromatic N) is 2. The first-order chi connectivity index (χ1) is 10.2. The number of hydrogen-bond donors (Lipinski definition) is 0. The van der Waals surface area contributed by atoms with Gasteiger partial charge in [0, 0.05) is 18.3 Å². The Morgan fingerprint density at radius 3 is 2.71 bits per heavy atom. The topological polar surface area (TPSA) is 27.1 Å². The van der Waals surface area contributed by atoms with Gasteiger partial charge in [-0.25, -0.2) is 4.98 Å². The standard InChI is InChI=1S/C17H23ClN2O/c1-12-6-8-13(9-7-12)20-14-4-3-5-15(21-2)17(14)19-16(20)10-11-18/h3-5,12-13H,6-11H2,1-2H3. The van der Waals surface area contributed by atoms with Crippen LogP contribution in [-0.2, 0) is 6.42 Å². The van der Waals surface area contributed by atoms with Crippen molar-refractivity contribution in [2.24, 2.45) is 5.92 Å². The smallest absolute Gasteiger partial charge is 0.146 e. The van der Waals surface area contributed by atoms with Gasteiger partial charge in [0.2, 0.25) is 0 Å². The predicted molar refractivity (Wildman–Crippen MR) is 87.4 cm³/mol. The van der Waals surface area contributed by atoms with Gasteiger partial charge in [0.05, 0.1) is 12.6 Å². The number of rotatable bonds is 4. The molecule has 3 rings (SSSR count). The molecule has 0 atom stereocenters. The summed E-state index contributed by atoms with van der Waals surface area (Å²) in [5.74, 6) is 3.41. The van der Waals surface area contributed by atoms with E-state index in [9.17, 15) is 0 Å². The van der Waals surface area contributed by atoms with Crippen molar-refractivity contribution in [2.45, 2.75) is 45.1 Å². The lowest BCUT2D eigenvalue weighted by Crippen LogP contribution is -2.19. The van der Waals surface area contributed by atoms with Gasteiger partial charge in [0.1, 0.15) is 17.1 Å². The van der Waals surface area contributed by atoms with Gasteiger partial charge in [-0.3, -0.25) is 0 Å². The molecule has 0 N–H and O–H groups in total. The Kier molecular flexibility index (Phi) is 4.39. The highest BCUT2D eigenvalue weighted by Crippen LogP contribution is 2.36. The van der Waals surface area contributed by atoms with Crippen LogP contribution in [0.4, 0.5) is 0 Å². The molecule has 1 saturated carbocycles. The fraction of sp³-hybridized carbons (Fsp3) is 0.588. The van der Waals surface area contributed by atoms with E-state index in [4.69, 9.17) is 21.3 Å². The second-order valence-corrected chi connectivity index (χ2v) is 6.46. The van der Waals surface area contributed by atoms with Crippen molar-refractivity contribution in [2.75, 3.05) is 13.0 Å². The number of imidazole rings is 1. The highest BCUT2D eigenvalue weighted by atomic mass is 35.5. The van der Waals surface area contributed by atoms with Gasteiger partial charge < -0.3 is 9.30 Å². The van der Waals surface area contributed by atoms with Crippen molar-refractivity contribution >= 4 is 22.6 Å². The molecule has 0 unspecified atom stereocenters. The molecule has 1 aliphatic rings. The Labute approximate surface area is 131 Å². The summed E-state index contributed by atoms with van der Waals surface area (Å²) < 4.78 is 7.89. The van der Waals surface area contributed by atoms with E-state index < -0.39 is 0 Å². The van der Waals surface area contributed by atoms with E-state index >= 15 is 0 Å². The molecule has 1 aromatic heterocycles. The van der Waals surface area contributed by atoms with Gasteiger partial charge in [-0.05, 0) is 43.7 Å². The zero-order valence-corrected chi connectivity index (χ0v) is 13.6. The lowest BCUT2D eigenvalue weighted by atomic mass is 9.87. The molecule has 1 aromatic carbocycles. The summed E-state index contributed by atoms with van der Waals surface area (Å²) in [6.07, 6.45) is 5.88. The van der Waals surface area contributed by atoms with Crippen molar-refractivity contribution < 1.29 is 4.74 Å². The molecule has 4 heteroatoms. The number of halogens is 1. The molecule has 0 amide bonds. The van der Waals surface area contributed by atoms with Crippen LogP contribution >= 0.6 is 11.6 Å².